The van der Waals surface area contributed by atoms with Crippen LogP contribution in [0.15, 0.2) is 61.3 Å². The van der Waals surface area contributed by atoms with Gasteiger partial charge in [-0.25, -0.2) is 9.97 Å². The van der Waals surface area contributed by atoms with E-state index in [9.17, 15) is 0 Å². The summed E-state index contributed by atoms with van der Waals surface area (Å²) >= 11 is 0. The molecule has 4 aromatic rings. The second-order valence-electron chi connectivity index (χ2n) is 5.15. The molecule has 0 saturated heterocycles. The van der Waals surface area contributed by atoms with Gasteiger partial charge >= 0.3 is 0 Å². The summed E-state index contributed by atoms with van der Waals surface area (Å²) in [5, 5.41) is 11.0. The van der Waals surface area contributed by atoms with Gasteiger partial charge in [-0.05, 0) is 22.8 Å². The molecule has 0 radical (unpaired) electrons. The lowest BCUT2D eigenvalue weighted by Gasteiger charge is -2.07. The predicted molar refractivity (Wildman–Crippen MR) is 88.7 cm³/mol. The molecule has 0 bridgehead atoms. The van der Waals surface area contributed by atoms with Crippen molar-refractivity contribution in [3.05, 3.63) is 66.9 Å². The zero-order valence-electron chi connectivity index (χ0n) is 12.3. The van der Waals surface area contributed by atoms with Crippen molar-refractivity contribution < 1.29 is 0 Å². The minimum Gasteiger partial charge on any atom is -0.365 e. The quantitative estimate of drug-likeness (QED) is 0.606. The number of benzene rings is 1. The number of nitrogens with one attached hydrogen (secondary N) is 2. The normalized spacial score (nSPS) is 10.8. The molecule has 1 aromatic carbocycles. The van der Waals surface area contributed by atoms with Gasteiger partial charge in [0.25, 0.3) is 0 Å². The van der Waals surface area contributed by atoms with E-state index in [2.05, 4.69) is 60.8 Å². The molecule has 0 aliphatic carbocycles. The van der Waals surface area contributed by atoms with Crippen molar-refractivity contribution >= 4 is 16.9 Å². The summed E-state index contributed by atoms with van der Waals surface area (Å²) in [6.07, 6.45) is 6.89. The minimum atomic E-state index is 0.685. The Balaban J connectivity index is 1.50. The van der Waals surface area contributed by atoms with E-state index < -0.39 is 0 Å². The predicted octanol–water partition coefficient (Wildman–Crippen LogP) is 3.03. The number of nitrogens with zero attached hydrogens (tertiary/aromatic N) is 4. The Bertz CT molecular complexity index is 915. The maximum absolute atomic E-state index is 4.27. The van der Waals surface area contributed by atoms with Crippen LogP contribution in [0.4, 0.5) is 5.82 Å². The largest absolute Gasteiger partial charge is 0.365 e. The molecule has 2 N–H and O–H groups in total. The molecule has 6 heteroatoms. The summed E-state index contributed by atoms with van der Waals surface area (Å²) in [5.41, 5.74) is 4.17. The van der Waals surface area contributed by atoms with E-state index in [0.717, 1.165) is 28.0 Å². The smallest absolute Gasteiger partial charge is 0.160 e. The van der Waals surface area contributed by atoms with Gasteiger partial charge in [0, 0.05) is 18.9 Å². The van der Waals surface area contributed by atoms with Gasteiger partial charge in [0.15, 0.2) is 5.65 Å². The molecule has 6 nitrogen and oxygen atoms in total. The average molecular weight is 302 g/mol. The second kappa shape index (κ2) is 5.84. The number of fused-ring (bicyclic) bond motifs is 1. The summed E-state index contributed by atoms with van der Waals surface area (Å²) < 4.78 is 0. The molecule has 0 amide bonds. The Hall–Kier alpha value is -3.28. The van der Waals surface area contributed by atoms with Crippen molar-refractivity contribution in [2.45, 2.75) is 6.54 Å². The third kappa shape index (κ3) is 2.74. The van der Waals surface area contributed by atoms with Crippen LogP contribution in [0.5, 0.6) is 0 Å². The van der Waals surface area contributed by atoms with Crippen LogP contribution in [0, 0.1) is 0 Å². The number of aromatic amines is 1. The first kappa shape index (κ1) is 13.4. The second-order valence-corrected chi connectivity index (χ2v) is 5.15. The van der Waals surface area contributed by atoms with Gasteiger partial charge in [-0.15, -0.1) is 0 Å². The Morgan fingerprint density at radius 3 is 2.70 bits per heavy atom. The highest BCUT2D eigenvalue weighted by molar-refractivity contribution is 5.85. The zero-order chi connectivity index (χ0) is 15.5. The van der Waals surface area contributed by atoms with E-state index in [1.54, 1.807) is 12.4 Å². The zero-order valence-corrected chi connectivity index (χ0v) is 12.3. The number of hydrogen-bond donors (Lipinski definition) is 2. The van der Waals surface area contributed by atoms with E-state index in [1.807, 2.05) is 12.3 Å². The third-order valence-electron chi connectivity index (χ3n) is 3.66. The Labute approximate surface area is 132 Å². The highest BCUT2D eigenvalue weighted by atomic mass is 15.2. The first-order valence-corrected chi connectivity index (χ1v) is 7.27. The van der Waals surface area contributed by atoms with Crippen molar-refractivity contribution in [3.8, 4) is 11.1 Å². The van der Waals surface area contributed by atoms with Gasteiger partial charge in [-0.2, -0.15) is 5.10 Å². The molecule has 0 saturated carbocycles. The summed E-state index contributed by atoms with van der Waals surface area (Å²) in [7, 11) is 0. The molecule has 23 heavy (non-hydrogen) atoms. The van der Waals surface area contributed by atoms with Crippen LogP contribution in [0.1, 0.15) is 5.56 Å². The molecule has 4 rings (SSSR count). The molecular weight excluding hydrogens is 288 g/mol. The van der Waals surface area contributed by atoms with Gasteiger partial charge in [0.2, 0.25) is 0 Å². The third-order valence-corrected chi connectivity index (χ3v) is 3.66. The van der Waals surface area contributed by atoms with Crippen LogP contribution < -0.4 is 5.32 Å². The monoisotopic (exact) mass is 302 g/mol. The molecule has 0 spiro atoms. The maximum Gasteiger partial charge on any atom is 0.160 e. The molecule has 0 atom stereocenters. The van der Waals surface area contributed by atoms with Gasteiger partial charge in [-0.3, -0.25) is 10.1 Å². The molecule has 0 fully saturated rings. The first-order valence-electron chi connectivity index (χ1n) is 7.27. The molecule has 112 valence electrons. The molecule has 3 aromatic heterocycles. The summed E-state index contributed by atoms with van der Waals surface area (Å²) in [6, 6.07) is 12.4. The number of H-pyrrole nitrogens is 1. The summed E-state index contributed by atoms with van der Waals surface area (Å²) in [5.74, 6) is 0.778. The summed E-state index contributed by atoms with van der Waals surface area (Å²) in [6.45, 7) is 0.685. The van der Waals surface area contributed by atoms with Crippen LogP contribution in [-0.4, -0.2) is 25.1 Å². The Morgan fingerprint density at radius 2 is 1.87 bits per heavy atom. The molecule has 3 heterocycles. The van der Waals surface area contributed by atoms with E-state index >= 15 is 0 Å². The molecule has 0 aliphatic rings. The molecule has 0 unspecified atom stereocenters. The summed E-state index contributed by atoms with van der Waals surface area (Å²) in [4.78, 5) is 12.5. The fourth-order valence-corrected chi connectivity index (χ4v) is 2.44. The van der Waals surface area contributed by atoms with Gasteiger partial charge < -0.3 is 5.32 Å². The van der Waals surface area contributed by atoms with Crippen molar-refractivity contribution in [1.82, 2.24) is 25.1 Å². The van der Waals surface area contributed by atoms with Crippen LogP contribution in [0.3, 0.4) is 0 Å². The topological polar surface area (TPSA) is 79.4 Å². The SMILES string of the molecule is c1cncc(-c2ccc(CNc3ncnc4[nH]ncc34)cc2)c1. The van der Waals surface area contributed by atoms with Crippen molar-refractivity contribution in [2.75, 3.05) is 5.32 Å². The van der Waals surface area contributed by atoms with Crippen LogP contribution >= 0.6 is 0 Å². The van der Waals surface area contributed by atoms with Crippen LogP contribution in [-0.2, 0) is 6.54 Å². The lowest BCUT2D eigenvalue weighted by molar-refractivity contribution is 1.08. The number of rotatable bonds is 4. The fourth-order valence-electron chi connectivity index (χ4n) is 2.44. The van der Waals surface area contributed by atoms with Crippen LogP contribution in [0.25, 0.3) is 22.2 Å². The average Bonchev–Trinajstić information content (AvgIpc) is 3.10. The highest BCUT2D eigenvalue weighted by Gasteiger charge is 2.05. The van der Waals surface area contributed by atoms with E-state index in [-0.39, 0.29) is 0 Å². The highest BCUT2D eigenvalue weighted by Crippen LogP contribution is 2.20. The van der Waals surface area contributed by atoms with Gasteiger partial charge in [0.05, 0.1) is 11.6 Å². The van der Waals surface area contributed by atoms with Gasteiger partial charge in [-0.1, -0.05) is 30.3 Å². The minimum absolute atomic E-state index is 0.685. The number of anilines is 1. The van der Waals surface area contributed by atoms with E-state index in [0.29, 0.717) is 6.54 Å². The molecular formula is C17H14N6. The van der Waals surface area contributed by atoms with Crippen LogP contribution in [0.2, 0.25) is 0 Å². The van der Waals surface area contributed by atoms with E-state index in [1.165, 1.54) is 11.9 Å². The number of hydrogen-bond acceptors (Lipinski definition) is 5. The van der Waals surface area contributed by atoms with Gasteiger partial charge in [0.1, 0.15) is 12.1 Å². The van der Waals surface area contributed by atoms with Crippen molar-refractivity contribution in [3.63, 3.8) is 0 Å². The standard InChI is InChI=1S/C17H14N6/c1-2-14(9-18-7-1)13-5-3-12(4-6-13)8-19-16-15-10-22-23-17(15)21-11-20-16/h1-7,9-11H,8H2,(H2,19,20,21,22,23). The first-order chi connectivity index (χ1) is 11.4. The van der Waals surface area contributed by atoms with Crippen molar-refractivity contribution in [2.24, 2.45) is 0 Å². The number of aromatic nitrogens is 5. The van der Waals surface area contributed by atoms with Crippen molar-refractivity contribution in [1.29, 1.82) is 0 Å². The Kier molecular flexibility index (Phi) is 3.40. The Morgan fingerprint density at radius 1 is 0.957 bits per heavy atom. The lowest BCUT2D eigenvalue weighted by atomic mass is 10.1. The molecule has 0 aliphatic heterocycles. The van der Waals surface area contributed by atoms with E-state index in [4.69, 9.17) is 0 Å². The lowest BCUT2D eigenvalue weighted by Crippen LogP contribution is -2.02. The maximum atomic E-state index is 4.27. The number of pyridine rings is 1. The fraction of sp³-hybridized carbons (Fsp3) is 0.0588.